The number of anilines is 1. The maximum atomic E-state index is 12.7. The van der Waals surface area contributed by atoms with Crippen LogP contribution in [0.1, 0.15) is 6.42 Å². The Balaban J connectivity index is 1.61. The highest BCUT2D eigenvalue weighted by Crippen LogP contribution is 2.50. The predicted molar refractivity (Wildman–Crippen MR) is 107 cm³/mol. The molecule has 1 aliphatic carbocycles. The van der Waals surface area contributed by atoms with Gasteiger partial charge in [-0.2, -0.15) is 13.2 Å². The summed E-state index contributed by atoms with van der Waals surface area (Å²) in [7, 11) is 1.57. The van der Waals surface area contributed by atoms with Crippen LogP contribution in [-0.2, 0) is 9.53 Å². The van der Waals surface area contributed by atoms with E-state index in [2.05, 4.69) is 15.3 Å². The first-order valence-corrected chi connectivity index (χ1v) is 10.1. The molecule has 0 radical (unpaired) electrons. The lowest BCUT2D eigenvalue weighted by Crippen LogP contribution is -2.20. The molecule has 1 fully saturated rings. The summed E-state index contributed by atoms with van der Waals surface area (Å²) in [4.78, 5) is 21.7. The first-order chi connectivity index (χ1) is 14.4. The van der Waals surface area contributed by atoms with Crippen LogP contribution in [0.3, 0.4) is 0 Å². The number of carbonyl (C=O) groups is 1. The SMILES string of the molecule is COCCOc1cc(-c2cncs2)nc2ccc(NC(=O)C3CC3C(F)(F)F)cc12. The van der Waals surface area contributed by atoms with E-state index >= 15 is 0 Å². The molecular weight excluding hydrogens is 419 g/mol. The number of carbonyl (C=O) groups excluding carboxylic acids is 1. The Labute approximate surface area is 174 Å². The zero-order valence-corrected chi connectivity index (χ0v) is 16.7. The lowest BCUT2D eigenvalue weighted by molar-refractivity contribution is -0.153. The molecule has 0 bridgehead atoms. The number of benzene rings is 1. The number of nitrogens with one attached hydrogen (secondary N) is 1. The number of alkyl halides is 3. The van der Waals surface area contributed by atoms with Crippen molar-refractivity contribution in [2.75, 3.05) is 25.6 Å². The summed E-state index contributed by atoms with van der Waals surface area (Å²) in [6, 6.07) is 6.75. The molecule has 2 heterocycles. The van der Waals surface area contributed by atoms with E-state index in [-0.39, 0.29) is 6.42 Å². The molecule has 1 N–H and O–H groups in total. The summed E-state index contributed by atoms with van der Waals surface area (Å²) in [5.41, 5.74) is 3.42. The minimum atomic E-state index is -4.34. The summed E-state index contributed by atoms with van der Waals surface area (Å²) in [6.45, 7) is 0.695. The molecular formula is C20H18F3N3O3S. The van der Waals surface area contributed by atoms with Crippen LogP contribution in [0, 0.1) is 11.8 Å². The third-order valence-corrected chi connectivity index (χ3v) is 5.61. The summed E-state index contributed by atoms with van der Waals surface area (Å²) in [6.07, 6.45) is -2.81. The van der Waals surface area contributed by atoms with E-state index in [9.17, 15) is 18.0 Å². The fourth-order valence-electron chi connectivity index (χ4n) is 3.18. The number of pyridine rings is 1. The molecule has 0 aliphatic heterocycles. The van der Waals surface area contributed by atoms with Gasteiger partial charge in [-0.3, -0.25) is 9.78 Å². The van der Waals surface area contributed by atoms with Crippen LogP contribution in [0.4, 0.5) is 18.9 Å². The van der Waals surface area contributed by atoms with Crippen molar-refractivity contribution in [3.05, 3.63) is 36.0 Å². The lowest BCUT2D eigenvalue weighted by atomic mass is 10.1. The second-order valence-electron chi connectivity index (χ2n) is 6.92. The van der Waals surface area contributed by atoms with Gasteiger partial charge in [-0.25, -0.2) is 4.98 Å². The fourth-order valence-corrected chi connectivity index (χ4v) is 3.76. The third-order valence-electron chi connectivity index (χ3n) is 4.82. The molecule has 0 spiro atoms. The highest BCUT2D eigenvalue weighted by atomic mass is 32.1. The van der Waals surface area contributed by atoms with Crippen molar-refractivity contribution >= 4 is 33.8 Å². The van der Waals surface area contributed by atoms with Crippen molar-refractivity contribution in [3.8, 4) is 16.3 Å². The molecule has 30 heavy (non-hydrogen) atoms. The van der Waals surface area contributed by atoms with Gasteiger partial charge in [-0.05, 0) is 24.6 Å². The van der Waals surface area contributed by atoms with E-state index in [0.717, 1.165) is 4.88 Å². The molecule has 4 rings (SSSR count). The minimum absolute atomic E-state index is 0.173. The molecule has 2 atom stereocenters. The molecule has 0 saturated heterocycles. The van der Waals surface area contributed by atoms with Crippen LogP contribution >= 0.6 is 11.3 Å². The fraction of sp³-hybridized carbons (Fsp3) is 0.350. The number of methoxy groups -OCH3 is 1. The van der Waals surface area contributed by atoms with Gasteiger partial charge in [0, 0.05) is 30.4 Å². The first kappa shape index (κ1) is 20.5. The van der Waals surface area contributed by atoms with E-state index < -0.39 is 23.9 Å². The van der Waals surface area contributed by atoms with Gasteiger partial charge in [0.15, 0.2) is 0 Å². The Morgan fingerprint density at radius 3 is 2.80 bits per heavy atom. The number of hydrogen-bond acceptors (Lipinski definition) is 6. The largest absolute Gasteiger partial charge is 0.490 e. The van der Waals surface area contributed by atoms with Crippen molar-refractivity contribution in [3.63, 3.8) is 0 Å². The molecule has 2 unspecified atom stereocenters. The van der Waals surface area contributed by atoms with Crippen LogP contribution < -0.4 is 10.1 Å². The number of fused-ring (bicyclic) bond motifs is 1. The highest BCUT2D eigenvalue weighted by Gasteiger charge is 2.58. The third kappa shape index (κ3) is 4.39. The summed E-state index contributed by atoms with van der Waals surface area (Å²) < 4.78 is 49.1. The quantitative estimate of drug-likeness (QED) is 0.550. The van der Waals surface area contributed by atoms with Gasteiger partial charge in [-0.1, -0.05) is 0 Å². The molecule has 1 aromatic carbocycles. The van der Waals surface area contributed by atoms with Crippen molar-refractivity contribution in [1.29, 1.82) is 0 Å². The van der Waals surface area contributed by atoms with Gasteiger partial charge in [0.2, 0.25) is 5.91 Å². The standard InChI is InChI=1S/C20H18F3N3O3S/c1-28-4-5-29-17-8-16(18-9-24-10-30-18)26-15-3-2-11(6-13(15)17)25-19(27)12-7-14(12)20(21,22)23/h2-3,6,8-10,12,14H,4-5,7H2,1H3,(H,25,27). The Hall–Kier alpha value is -2.72. The van der Waals surface area contributed by atoms with Crippen molar-refractivity contribution < 1.29 is 27.4 Å². The number of aromatic nitrogens is 2. The van der Waals surface area contributed by atoms with Crippen LogP contribution in [0.5, 0.6) is 5.75 Å². The van der Waals surface area contributed by atoms with Gasteiger partial charge < -0.3 is 14.8 Å². The number of hydrogen-bond donors (Lipinski definition) is 1. The monoisotopic (exact) mass is 437 g/mol. The van der Waals surface area contributed by atoms with Gasteiger partial charge in [0.1, 0.15) is 12.4 Å². The molecule has 158 valence electrons. The van der Waals surface area contributed by atoms with Gasteiger partial charge in [0.25, 0.3) is 0 Å². The molecule has 2 aromatic heterocycles. The van der Waals surface area contributed by atoms with Crippen LogP contribution in [-0.4, -0.2) is 42.4 Å². The average molecular weight is 437 g/mol. The zero-order chi connectivity index (χ0) is 21.3. The van der Waals surface area contributed by atoms with Crippen molar-refractivity contribution in [2.24, 2.45) is 11.8 Å². The first-order valence-electron chi connectivity index (χ1n) is 9.20. The summed E-state index contributed by atoms with van der Waals surface area (Å²) in [5, 5.41) is 3.22. The minimum Gasteiger partial charge on any atom is -0.490 e. The van der Waals surface area contributed by atoms with Crippen LogP contribution in [0.2, 0.25) is 0 Å². The van der Waals surface area contributed by atoms with Gasteiger partial charge >= 0.3 is 6.18 Å². The summed E-state index contributed by atoms with van der Waals surface area (Å²) in [5.74, 6) is -2.69. The van der Waals surface area contributed by atoms with Gasteiger partial charge in [0.05, 0.1) is 40.0 Å². The van der Waals surface area contributed by atoms with E-state index in [4.69, 9.17) is 9.47 Å². The molecule has 1 aliphatic rings. The van der Waals surface area contributed by atoms with Crippen molar-refractivity contribution in [1.82, 2.24) is 9.97 Å². The Morgan fingerprint density at radius 2 is 2.13 bits per heavy atom. The average Bonchev–Trinajstić information content (AvgIpc) is 3.36. The number of amides is 1. The Morgan fingerprint density at radius 1 is 1.30 bits per heavy atom. The molecule has 6 nitrogen and oxygen atoms in total. The van der Waals surface area contributed by atoms with Crippen LogP contribution in [0.25, 0.3) is 21.5 Å². The van der Waals surface area contributed by atoms with Crippen LogP contribution in [0.15, 0.2) is 36.0 Å². The second-order valence-corrected chi connectivity index (χ2v) is 7.81. The molecule has 1 saturated carbocycles. The van der Waals surface area contributed by atoms with E-state index in [0.29, 0.717) is 41.2 Å². The number of thiazole rings is 1. The van der Waals surface area contributed by atoms with Gasteiger partial charge in [-0.15, -0.1) is 11.3 Å². The molecule has 1 amide bonds. The number of ether oxygens (including phenoxy) is 2. The maximum absolute atomic E-state index is 12.7. The number of halogens is 3. The molecule has 3 aromatic rings. The smallest absolute Gasteiger partial charge is 0.392 e. The van der Waals surface area contributed by atoms with E-state index in [1.165, 1.54) is 11.3 Å². The Bertz CT molecular complexity index is 1060. The second kappa shape index (κ2) is 8.19. The lowest BCUT2D eigenvalue weighted by Gasteiger charge is -2.13. The number of rotatable bonds is 7. The highest BCUT2D eigenvalue weighted by molar-refractivity contribution is 7.13. The maximum Gasteiger partial charge on any atom is 0.392 e. The van der Waals surface area contributed by atoms with Crippen molar-refractivity contribution in [2.45, 2.75) is 12.6 Å². The van der Waals surface area contributed by atoms with E-state index in [1.807, 2.05) is 0 Å². The number of nitrogens with zero attached hydrogens (tertiary/aromatic N) is 2. The topological polar surface area (TPSA) is 73.3 Å². The van der Waals surface area contributed by atoms with E-state index in [1.54, 1.807) is 43.1 Å². The predicted octanol–water partition coefficient (Wildman–Crippen LogP) is 4.52. The summed E-state index contributed by atoms with van der Waals surface area (Å²) >= 11 is 1.44. The zero-order valence-electron chi connectivity index (χ0n) is 15.9. The molecule has 10 heteroatoms. The normalized spacial score (nSPS) is 18.4. The Kier molecular flexibility index (Phi) is 5.61.